The number of hydrogen-bond acceptors (Lipinski definition) is 5. The number of carbonyl (C=O) groups is 1. The highest BCUT2D eigenvalue weighted by Crippen LogP contribution is 2.29. The van der Waals surface area contributed by atoms with Crippen LogP contribution in [-0.2, 0) is 21.9 Å². The molecular formula is C18H26ClN5O3S. The Labute approximate surface area is 171 Å². The summed E-state index contributed by atoms with van der Waals surface area (Å²) in [7, 11) is -1.52. The average Bonchev–Trinajstić information content (AvgIpc) is 3.23. The van der Waals surface area contributed by atoms with Gasteiger partial charge in [-0.05, 0) is 30.2 Å². The highest BCUT2D eigenvalue weighted by Gasteiger charge is 2.34. The number of carbonyl (C=O) groups excluding carboxylic acids is 1. The largest absolute Gasteiger partial charge is 0.326 e. The summed E-state index contributed by atoms with van der Waals surface area (Å²) in [5.74, 6) is -0.189. The van der Waals surface area contributed by atoms with Crippen LogP contribution in [0.3, 0.4) is 0 Å². The fourth-order valence-electron chi connectivity index (χ4n) is 3.33. The van der Waals surface area contributed by atoms with Gasteiger partial charge in [0.25, 0.3) is 0 Å². The van der Waals surface area contributed by atoms with Crippen molar-refractivity contribution in [1.82, 2.24) is 15.1 Å². The smallest absolute Gasteiger partial charge is 0.232 e. The number of amides is 1. The molecule has 1 fully saturated rings. The van der Waals surface area contributed by atoms with Gasteiger partial charge in [-0.15, -0.1) is 12.4 Å². The van der Waals surface area contributed by atoms with Crippen LogP contribution in [0.15, 0.2) is 36.7 Å². The fraction of sp³-hybridized carbons (Fsp3) is 0.444. The zero-order valence-corrected chi connectivity index (χ0v) is 17.5. The maximum atomic E-state index is 12.8. The molecule has 2 aromatic rings. The van der Waals surface area contributed by atoms with Gasteiger partial charge in [-0.2, -0.15) is 5.10 Å². The van der Waals surface area contributed by atoms with E-state index in [1.165, 1.54) is 0 Å². The van der Waals surface area contributed by atoms with E-state index >= 15 is 0 Å². The van der Waals surface area contributed by atoms with Crippen molar-refractivity contribution in [2.75, 3.05) is 28.9 Å². The standard InChI is InChI=1S/C18H25N5O3S.ClH/c1-3-7-27(25,26)22-15-6-4-5-14(8-15)21-18(24)17-11-19-10-16(17)13-9-20-23(2)12-13;/h4-6,8-9,12,16-17,19,22H,3,7,10-11H2,1-2H3,(H,21,24);1H/t16-,17+;/m1./s1. The first kappa shape index (κ1) is 22.2. The molecule has 1 aromatic carbocycles. The zero-order valence-electron chi connectivity index (χ0n) is 15.9. The molecule has 1 aliphatic heterocycles. The highest BCUT2D eigenvalue weighted by atomic mass is 35.5. The molecule has 0 spiro atoms. The molecule has 0 aliphatic carbocycles. The molecule has 1 aliphatic rings. The number of hydrogen-bond donors (Lipinski definition) is 3. The van der Waals surface area contributed by atoms with Crippen molar-refractivity contribution >= 4 is 39.7 Å². The quantitative estimate of drug-likeness (QED) is 0.626. The van der Waals surface area contributed by atoms with Crippen molar-refractivity contribution in [3.63, 3.8) is 0 Å². The van der Waals surface area contributed by atoms with Gasteiger partial charge in [-0.1, -0.05) is 13.0 Å². The summed E-state index contributed by atoms with van der Waals surface area (Å²) in [4.78, 5) is 12.8. The van der Waals surface area contributed by atoms with E-state index in [1.54, 1.807) is 35.1 Å². The predicted octanol–water partition coefficient (Wildman–Crippen LogP) is 1.94. The van der Waals surface area contributed by atoms with Gasteiger partial charge in [0, 0.05) is 37.9 Å². The summed E-state index contributed by atoms with van der Waals surface area (Å²) in [5, 5.41) is 10.4. The van der Waals surface area contributed by atoms with Gasteiger partial charge in [0.2, 0.25) is 15.9 Å². The SMILES string of the molecule is CCCS(=O)(=O)Nc1cccc(NC(=O)[C@H]2CNC[C@@H]2c2cnn(C)c2)c1.Cl. The maximum Gasteiger partial charge on any atom is 0.232 e. The van der Waals surface area contributed by atoms with E-state index in [2.05, 4.69) is 20.5 Å². The van der Waals surface area contributed by atoms with E-state index in [9.17, 15) is 13.2 Å². The van der Waals surface area contributed by atoms with Crippen LogP contribution in [0, 0.1) is 5.92 Å². The van der Waals surface area contributed by atoms with Crippen molar-refractivity contribution in [1.29, 1.82) is 0 Å². The topological polar surface area (TPSA) is 105 Å². The molecule has 1 aromatic heterocycles. The van der Waals surface area contributed by atoms with Gasteiger partial charge in [0.05, 0.1) is 23.6 Å². The molecule has 28 heavy (non-hydrogen) atoms. The Morgan fingerprint density at radius 2 is 2.07 bits per heavy atom. The van der Waals surface area contributed by atoms with Gasteiger partial charge < -0.3 is 10.6 Å². The summed E-state index contributed by atoms with van der Waals surface area (Å²) in [6, 6.07) is 6.76. The third-order valence-corrected chi connectivity index (χ3v) is 6.07. The van der Waals surface area contributed by atoms with Crippen LogP contribution in [0.25, 0.3) is 0 Å². The minimum atomic E-state index is -3.37. The first-order valence-electron chi connectivity index (χ1n) is 8.98. The van der Waals surface area contributed by atoms with Crippen molar-refractivity contribution in [3.8, 4) is 0 Å². The Bertz CT molecular complexity index is 915. The van der Waals surface area contributed by atoms with Crippen molar-refractivity contribution < 1.29 is 13.2 Å². The molecule has 1 saturated heterocycles. The molecule has 0 unspecified atom stereocenters. The number of aromatic nitrogens is 2. The summed E-state index contributed by atoms with van der Waals surface area (Å²) in [6.07, 6.45) is 4.26. The van der Waals surface area contributed by atoms with Gasteiger partial charge in [-0.3, -0.25) is 14.2 Å². The summed E-state index contributed by atoms with van der Waals surface area (Å²) in [5.41, 5.74) is 2.03. The van der Waals surface area contributed by atoms with Crippen LogP contribution in [0.4, 0.5) is 11.4 Å². The molecule has 1 amide bonds. The number of rotatable bonds is 7. The molecule has 0 saturated carbocycles. The Balaban J connectivity index is 0.00000280. The number of sulfonamides is 1. The first-order valence-corrected chi connectivity index (χ1v) is 10.6. The zero-order chi connectivity index (χ0) is 19.4. The second kappa shape index (κ2) is 9.40. The average molecular weight is 428 g/mol. The van der Waals surface area contributed by atoms with Gasteiger partial charge >= 0.3 is 0 Å². The number of halogens is 1. The minimum Gasteiger partial charge on any atom is -0.326 e. The number of aryl methyl sites for hydroxylation is 1. The number of anilines is 2. The molecule has 3 N–H and O–H groups in total. The minimum absolute atomic E-state index is 0. The Hall–Kier alpha value is -2.10. The third-order valence-electron chi connectivity index (χ3n) is 4.58. The second-order valence-corrected chi connectivity index (χ2v) is 8.65. The summed E-state index contributed by atoms with van der Waals surface area (Å²) < 4.78 is 28.1. The molecule has 8 nitrogen and oxygen atoms in total. The summed E-state index contributed by atoms with van der Waals surface area (Å²) in [6.45, 7) is 3.12. The van der Waals surface area contributed by atoms with Gasteiger partial charge in [0.1, 0.15) is 0 Å². The molecular weight excluding hydrogens is 402 g/mol. The van der Waals surface area contributed by atoms with Gasteiger partial charge in [-0.25, -0.2) is 8.42 Å². The lowest BCUT2D eigenvalue weighted by atomic mass is 9.90. The van der Waals surface area contributed by atoms with Crippen molar-refractivity contribution in [2.45, 2.75) is 19.3 Å². The molecule has 3 rings (SSSR count). The number of nitrogens with one attached hydrogen (secondary N) is 3. The van der Waals surface area contributed by atoms with Crippen LogP contribution in [-0.4, -0.2) is 42.9 Å². The fourth-order valence-corrected chi connectivity index (χ4v) is 4.46. The van der Waals surface area contributed by atoms with Crippen LogP contribution < -0.4 is 15.4 Å². The van der Waals surface area contributed by atoms with Crippen LogP contribution >= 0.6 is 12.4 Å². The van der Waals surface area contributed by atoms with Crippen LogP contribution in [0.5, 0.6) is 0 Å². The van der Waals surface area contributed by atoms with Crippen molar-refractivity contribution in [2.24, 2.45) is 13.0 Å². The maximum absolute atomic E-state index is 12.8. The Morgan fingerprint density at radius 1 is 1.32 bits per heavy atom. The van der Waals surface area contributed by atoms with Crippen LogP contribution in [0.1, 0.15) is 24.8 Å². The van der Waals surface area contributed by atoms with E-state index in [0.29, 0.717) is 24.3 Å². The predicted molar refractivity (Wildman–Crippen MR) is 112 cm³/mol. The first-order chi connectivity index (χ1) is 12.9. The summed E-state index contributed by atoms with van der Waals surface area (Å²) >= 11 is 0. The van der Waals surface area contributed by atoms with E-state index in [0.717, 1.165) is 12.1 Å². The lowest BCUT2D eigenvalue weighted by Crippen LogP contribution is -2.28. The number of nitrogens with zero attached hydrogens (tertiary/aromatic N) is 2. The van der Waals surface area contributed by atoms with E-state index < -0.39 is 10.0 Å². The molecule has 10 heteroatoms. The molecule has 0 bridgehead atoms. The molecule has 154 valence electrons. The second-order valence-electron chi connectivity index (χ2n) is 6.81. The van der Waals surface area contributed by atoms with E-state index in [1.807, 2.05) is 20.2 Å². The number of benzene rings is 1. The van der Waals surface area contributed by atoms with E-state index in [4.69, 9.17) is 0 Å². The molecule has 2 heterocycles. The van der Waals surface area contributed by atoms with E-state index in [-0.39, 0.29) is 35.9 Å². The molecule has 0 radical (unpaired) electrons. The lowest BCUT2D eigenvalue weighted by molar-refractivity contribution is -0.119. The van der Waals surface area contributed by atoms with Crippen molar-refractivity contribution in [3.05, 3.63) is 42.2 Å². The monoisotopic (exact) mass is 427 g/mol. The Morgan fingerprint density at radius 3 is 2.75 bits per heavy atom. The lowest BCUT2D eigenvalue weighted by Gasteiger charge is -2.17. The Kier molecular flexibility index (Phi) is 7.45. The van der Waals surface area contributed by atoms with Crippen LogP contribution in [0.2, 0.25) is 0 Å². The third kappa shape index (κ3) is 5.46. The van der Waals surface area contributed by atoms with Gasteiger partial charge in [0.15, 0.2) is 0 Å². The highest BCUT2D eigenvalue weighted by molar-refractivity contribution is 7.92. The normalized spacial score (nSPS) is 19.1. The molecule has 2 atom stereocenters.